The number of carbonyl (C=O) groups excluding carboxylic acids is 1. The van der Waals surface area contributed by atoms with Crippen molar-refractivity contribution in [1.82, 2.24) is 4.98 Å². The van der Waals surface area contributed by atoms with Gasteiger partial charge in [-0.2, -0.15) is 0 Å². The number of carboxylic acids is 1. The van der Waals surface area contributed by atoms with Gasteiger partial charge < -0.3 is 20.3 Å². The molecule has 0 spiro atoms. The number of nitrogens with two attached hydrogens (primary N) is 1. The number of nitrogen functional groups attached to an aromatic ring is 1. The number of nitrogens with zero attached hydrogens (tertiary/aromatic N) is 1. The van der Waals surface area contributed by atoms with Crippen molar-refractivity contribution in [2.75, 3.05) is 13.7 Å². The molecule has 0 saturated carbocycles. The number of ether oxygens (including phenoxy) is 2. The summed E-state index contributed by atoms with van der Waals surface area (Å²) in [5.74, 6) is -0.645. The molecule has 0 amide bonds. The van der Waals surface area contributed by atoms with E-state index < -0.39 is 11.4 Å². The van der Waals surface area contributed by atoms with E-state index in [4.69, 9.17) is 30.5 Å². The maximum Gasteiger partial charge on any atom is 0.314 e. The summed E-state index contributed by atoms with van der Waals surface area (Å²) >= 11 is 0. The van der Waals surface area contributed by atoms with Gasteiger partial charge in [0, 0.05) is 30.3 Å². The summed E-state index contributed by atoms with van der Waals surface area (Å²) in [7, 11) is 1.36. The third kappa shape index (κ3) is 6.88. The monoisotopic (exact) mass is 415 g/mol. The molecular formula is C22H29N3O5. The van der Waals surface area contributed by atoms with E-state index in [9.17, 15) is 4.79 Å². The molecule has 0 saturated heterocycles. The molecule has 2 aromatic rings. The van der Waals surface area contributed by atoms with Crippen molar-refractivity contribution < 1.29 is 24.2 Å². The van der Waals surface area contributed by atoms with Gasteiger partial charge in [0.1, 0.15) is 12.4 Å². The van der Waals surface area contributed by atoms with Crippen LogP contribution in [0.3, 0.4) is 0 Å². The number of hydrogen-bond donors (Lipinski definition) is 3. The van der Waals surface area contributed by atoms with Crippen molar-refractivity contribution in [2.45, 2.75) is 34.6 Å². The molecule has 162 valence electrons. The molecular weight excluding hydrogens is 386 g/mol. The van der Waals surface area contributed by atoms with Crippen LogP contribution in [0.2, 0.25) is 0 Å². The summed E-state index contributed by atoms with van der Waals surface area (Å²) in [5.41, 5.74) is 9.47. The molecule has 0 atom stereocenters. The Labute approximate surface area is 176 Å². The molecule has 1 heterocycles. The lowest BCUT2D eigenvalue weighted by molar-refractivity contribution is -0.152. The normalized spacial score (nSPS) is 10.5. The molecule has 0 unspecified atom stereocenters. The topological polar surface area (TPSA) is 136 Å². The Morgan fingerprint density at radius 1 is 1.20 bits per heavy atom. The number of aryl methyl sites for hydroxylation is 2. The highest BCUT2D eigenvalue weighted by molar-refractivity contribution is 5.97. The first-order chi connectivity index (χ1) is 13.9. The Kier molecular flexibility index (Phi) is 8.52. The average molecular weight is 415 g/mol. The second kappa shape index (κ2) is 10.4. The fraction of sp³-hybridized carbons (Fsp3) is 0.364. The van der Waals surface area contributed by atoms with E-state index in [-0.39, 0.29) is 18.4 Å². The van der Waals surface area contributed by atoms with Crippen LogP contribution in [0.15, 0.2) is 30.5 Å². The number of esters is 1. The summed E-state index contributed by atoms with van der Waals surface area (Å²) in [6.07, 6.45) is 1.75. The molecule has 8 heteroatoms. The van der Waals surface area contributed by atoms with E-state index in [2.05, 4.69) is 4.98 Å². The highest BCUT2D eigenvalue weighted by atomic mass is 16.5. The first-order valence-electron chi connectivity index (χ1n) is 9.22. The number of carbonyl (C=O) groups is 2. The summed E-state index contributed by atoms with van der Waals surface area (Å²) < 4.78 is 10.5. The fourth-order valence-corrected chi connectivity index (χ4v) is 2.63. The number of carboxylic acid groups (broad SMARTS) is 1. The Morgan fingerprint density at radius 3 is 2.27 bits per heavy atom. The second-order valence-electron chi connectivity index (χ2n) is 7.46. The maximum absolute atomic E-state index is 11.7. The Balaban J connectivity index is 0.00000103. The number of rotatable bonds is 6. The van der Waals surface area contributed by atoms with Crippen LogP contribution in [0.5, 0.6) is 5.88 Å². The second-order valence-corrected chi connectivity index (χ2v) is 7.46. The molecule has 0 aliphatic rings. The van der Waals surface area contributed by atoms with Crippen LogP contribution in [0.25, 0.3) is 11.1 Å². The van der Waals surface area contributed by atoms with Crippen molar-refractivity contribution in [3.63, 3.8) is 0 Å². The number of aromatic nitrogens is 1. The van der Waals surface area contributed by atoms with E-state index in [1.165, 1.54) is 7.11 Å². The fourth-order valence-electron chi connectivity index (χ4n) is 2.63. The lowest BCUT2D eigenvalue weighted by atomic mass is 9.95. The van der Waals surface area contributed by atoms with Crippen molar-refractivity contribution in [2.24, 2.45) is 11.1 Å². The molecule has 0 radical (unpaired) electrons. The smallest absolute Gasteiger partial charge is 0.314 e. The average Bonchev–Trinajstić information content (AvgIpc) is 2.65. The molecule has 8 nitrogen and oxygen atoms in total. The van der Waals surface area contributed by atoms with Crippen LogP contribution in [0, 0.1) is 24.7 Å². The van der Waals surface area contributed by atoms with E-state index in [0.717, 1.165) is 34.7 Å². The first-order valence-corrected chi connectivity index (χ1v) is 9.22. The van der Waals surface area contributed by atoms with E-state index in [0.29, 0.717) is 5.88 Å². The number of methoxy groups -OCH3 is 1. The minimum absolute atomic E-state index is 0.0564. The molecule has 0 fully saturated rings. The van der Waals surface area contributed by atoms with Crippen LogP contribution in [-0.2, 0) is 14.3 Å². The highest BCUT2D eigenvalue weighted by Crippen LogP contribution is 2.27. The van der Waals surface area contributed by atoms with Gasteiger partial charge in [-0.15, -0.1) is 0 Å². The van der Waals surface area contributed by atoms with Gasteiger partial charge in [-0.05, 0) is 44.4 Å². The van der Waals surface area contributed by atoms with Crippen molar-refractivity contribution >= 4 is 17.8 Å². The zero-order valence-corrected chi connectivity index (χ0v) is 18.2. The Bertz CT molecular complexity index is 934. The summed E-state index contributed by atoms with van der Waals surface area (Å²) in [6, 6.07) is 7.60. The van der Waals surface area contributed by atoms with Crippen molar-refractivity contribution in [3.8, 4) is 17.0 Å². The van der Waals surface area contributed by atoms with Crippen molar-refractivity contribution in [1.29, 1.82) is 5.41 Å². The van der Waals surface area contributed by atoms with Gasteiger partial charge in [0.25, 0.3) is 5.97 Å². The van der Waals surface area contributed by atoms with Gasteiger partial charge in [-0.3, -0.25) is 15.0 Å². The number of nitrogens with one attached hydrogen (secondary N) is 1. The number of pyridine rings is 1. The largest absolute Gasteiger partial charge is 0.481 e. The zero-order valence-electron chi connectivity index (χ0n) is 18.2. The highest BCUT2D eigenvalue weighted by Gasteiger charge is 2.30. The number of amidine groups is 1. The quantitative estimate of drug-likeness (QED) is 0.374. The van der Waals surface area contributed by atoms with Gasteiger partial charge in [0.2, 0.25) is 5.88 Å². The maximum atomic E-state index is 11.7. The van der Waals surface area contributed by atoms with E-state index in [1.54, 1.807) is 20.0 Å². The summed E-state index contributed by atoms with van der Waals surface area (Å²) in [5, 5.41) is 15.0. The number of benzene rings is 1. The lowest BCUT2D eigenvalue weighted by Crippen LogP contribution is -2.32. The zero-order chi connectivity index (χ0) is 23.1. The molecule has 0 bridgehead atoms. The summed E-state index contributed by atoms with van der Waals surface area (Å²) in [4.78, 5) is 25.1. The molecule has 0 aliphatic carbocycles. The van der Waals surface area contributed by atoms with Crippen LogP contribution in [-0.4, -0.2) is 41.6 Å². The third-order valence-corrected chi connectivity index (χ3v) is 4.23. The van der Waals surface area contributed by atoms with Crippen LogP contribution in [0.4, 0.5) is 0 Å². The van der Waals surface area contributed by atoms with Gasteiger partial charge in [0.15, 0.2) is 0 Å². The van der Waals surface area contributed by atoms with Gasteiger partial charge in [-0.1, -0.05) is 18.2 Å². The standard InChI is InChI=1S/C20H25N3O3.C2H4O2/c1-12-8-14(6-7-15(12)18(21)22)16-10-23-17(9-13(16)2)26-11-20(3,4)19(24)25-5;1-2(3)4/h6-10H,11H2,1-5H3,(H3,21,22);1H3,(H,3,4). The SMILES string of the molecule is CC(=O)O.COC(=O)C(C)(C)COc1cc(C)c(-c2ccc(C(=N)N)c(C)c2)cn1. The molecule has 4 N–H and O–H groups in total. The van der Waals surface area contributed by atoms with E-state index in [1.807, 2.05) is 38.1 Å². The van der Waals surface area contributed by atoms with Gasteiger partial charge >= 0.3 is 5.97 Å². The van der Waals surface area contributed by atoms with Gasteiger partial charge in [-0.25, -0.2) is 4.98 Å². The molecule has 2 rings (SSSR count). The van der Waals surface area contributed by atoms with Crippen molar-refractivity contribution in [3.05, 3.63) is 47.2 Å². The summed E-state index contributed by atoms with van der Waals surface area (Å²) in [6.45, 7) is 8.69. The Morgan fingerprint density at radius 2 is 1.80 bits per heavy atom. The Hall–Kier alpha value is -3.42. The number of hydrogen-bond acceptors (Lipinski definition) is 6. The van der Waals surface area contributed by atoms with Crippen LogP contribution < -0.4 is 10.5 Å². The minimum Gasteiger partial charge on any atom is -0.481 e. The third-order valence-electron chi connectivity index (χ3n) is 4.23. The minimum atomic E-state index is -0.833. The van der Waals surface area contributed by atoms with Gasteiger partial charge in [0.05, 0.1) is 12.5 Å². The molecule has 1 aromatic heterocycles. The van der Waals surface area contributed by atoms with Crippen LogP contribution >= 0.6 is 0 Å². The first kappa shape index (κ1) is 24.6. The predicted molar refractivity (Wildman–Crippen MR) is 115 cm³/mol. The lowest BCUT2D eigenvalue weighted by Gasteiger charge is -2.21. The predicted octanol–water partition coefficient (Wildman–Crippen LogP) is 3.32. The van der Waals surface area contributed by atoms with Crippen LogP contribution in [0.1, 0.15) is 37.5 Å². The number of aliphatic carboxylic acids is 1. The molecule has 1 aromatic carbocycles. The van der Waals surface area contributed by atoms with E-state index >= 15 is 0 Å². The molecule has 30 heavy (non-hydrogen) atoms. The molecule has 0 aliphatic heterocycles.